The zero-order valence-electron chi connectivity index (χ0n) is 7.25. The molecule has 14 heavy (non-hydrogen) atoms. The molecule has 0 spiro atoms. The predicted octanol–water partition coefficient (Wildman–Crippen LogP) is -0.448. The van der Waals surface area contributed by atoms with Gasteiger partial charge in [-0.05, 0) is 0 Å². The molecule has 6 nitrogen and oxygen atoms in total. The lowest BCUT2D eigenvalue weighted by Crippen LogP contribution is -2.12. The highest BCUT2D eigenvalue weighted by Gasteiger charge is 2.11. The molecule has 4 bridgehead atoms. The van der Waals surface area contributed by atoms with Gasteiger partial charge in [0, 0.05) is 0 Å². The molecule has 6 heteroatoms. The van der Waals surface area contributed by atoms with E-state index >= 15 is 0 Å². The summed E-state index contributed by atoms with van der Waals surface area (Å²) in [6.07, 6.45) is 4.13. The van der Waals surface area contributed by atoms with Gasteiger partial charge in [-0.15, -0.1) is 0 Å². The van der Waals surface area contributed by atoms with Gasteiger partial charge in [-0.3, -0.25) is 0 Å². The summed E-state index contributed by atoms with van der Waals surface area (Å²) < 4.78 is 0. The van der Waals surface area contributed by atoms with Crippen LogP contribution in [0, 0.1) is 0 Å². The van der Waals surface area contributed by atoms with E-state index in [0.29, 0.717) is 36.1 Å². The molecule has 0 unspecified atom stereocenters. The van der Waals surface area contributed by atoms with E-state index in [1.165, 1.54) is 12.7 Å². The first kappa shape index (κ1) is 7.43. The highest BCUT2D eigenvalue weighted by Crippen LogP contribution is 2.06. The largest absolute Gasteiger partial charge is 0.221 e. The van der Waals surface area contributed by atoms with E-state index in [1.54, 1.807) is 0 Å². The van der Waals surface area contributed by atoms with Gasteiger partial charge in [0.1, 0.15) is 36.0 Å². The van der Waals surface area contributed by atoms with E-state index in [9.17, 15) is 0 Å². The average Bonchev–Trinajstić information content (AvgIpc) is 2.17. The lowest BCUT2D eigenvalue weighted by molar-refractivity contribution is 0.746. The molecule has 0 saturated carbocycles. The van der Waals surface area contributed by atoms with Crippen LogP contribution in [0.5, 0.6) is 0 Å². The van der Waals surface area contributed by atoms with Crippen molar-refractivity contribution in [2.75, 3.05) is 0 Å². The lowest BCUT2D eigenvalue weighted by atomic mass is 10.3. The summed E-state index contributed by atoms with van der Waals surface area (Å²) >= 11 is 0. The predicted molar refractivity (Wildman–Crippen MR) is 45.3 cm³/mol. The van der Waals surface area contributed by atoms with Crippen LogP contribution in [-0.4, -0.2) is 29.9 Å². The fourth-order valence-corrected chi connectivity index (χ4v) is 1.36. The van der Waals surface area contributed by atoms with Crippen molar-refractivity contribution >= 4 is 0 Å². The number of fused-ring (bicyclic) bond motifs is 4. The molecule has 0 fully saturated rings. The van der Waals surface area contributed by atoms with Crippen LogP contribution in [0.4, 0.5) is 0 Å². The van der Waals surface area contributed by atoms with Gasteiger partial charge in [-0.2, -0.15) is 0 Å². The summed E-state index contributed by atoms with van der Waals surface area (Å²) in [5.74, 6) is 2.86. The van der Waals surface area contributed by atoms with E-state index in [-0.39, 0.29) is 0 Å². The second-order valence-electron chi connectivity index (χ2n) is 2.99. The van der Waals surface area contributed by atoms with E-state index < -0.39 is 0 Å². The second kappa shape index (κ2) is 2.76. The first-order valence-electron chi connectivity index (χ1n) is 4.24. The van der Waals surface area contributed by atoms with Crippen LogP contribution in [0.2, 0.25) is 0 Å². The Hall–Kier alpha value is -1.98. The molecule has 3 rings (SSSR count). The van der Waals surface area contributed by atoms with Gasteiger partial charge in [0.25, 0.3) is 0 Å². The van der Waals surface area contributed by atoms with Gasteiger partial charge < -0.3 is 0 Å². The van der Waals surface area contributed by atoms with Crippen molar-refractivity contribution in [1.82, 2.24) is 29.9 Å². The molecule has 68 valence electrons. The highest BCUT2D eigenvalue weighted by atomic mass is 15.1. The summed E-state index contributed by atoms with van der Waals surface area (Å²) in [5, 5.41) is 0. The molecule has 0 atom stereocenters. The number of nitrogens with zero attached hydrogens (tertiary/aromatic N) is 6. The van der Waals surface area contributed by atoms with Crippen molar-refractivity contribution < 1.29 is 0 Å². The molecule has 0 saturated heterocycles. The molecule has 2 aromatic heterocycles. The van der Waals surface area contributed by atoms with Crippen LogP contribution in [0.3, 0.4) is 0 Å². The minimum atomic E-state index is 0.547. The average molecular weight is 186 g/mol. The lowest BCUT2D eigenvalue weighted by Gasteiger charge is -2.06. The smallest absolute Gasteiger partial charge is 0.139 e. The molecule has 0 N–H and O–H groups in total. The van der Waals surface area contributed by atoms with E-state index in [2.05, 4.69) is 29.9 Å². The van der Waals surface area contributed by atoms with Gasteiger partial charge in [0.2, 0.25) is 0 Å². The number of hydrogen-bond donors (Lipinski definition) is 0. The normalized spacial score (nSPS) is 13.1. The molecule has 1 aliphatic rings. The fourth-order valence-electron chi connectivity index (χ4n) is 1.36. The van der Waals surface area contributed by atoms with Crippen molar-refractivity contribution in [2.24, 2.45) is 0 Å². The summed E-state index contributed by atoms with van der Waals surface area (Å²) in [7, 11) is 0. The van der Waals surface area contributed by atoms with E-state index in [0.717, 1.165) is 0 Å². The quantitative estimate of drug-likeness (QED) is 0.473. The number of rotatable bonds is 0. The van der Waals surface area contributed by atoms with Gasteiger partial charge in [-0.1, -0.05) is 0 Å². The van der Waals surface area contributed by atoms with Crippen molar-refractivity contribution in [1.29, 1.82) is 0 Å². The number of hydrogen-bond acceptors (Lipinski definition) is 6. The minimum absolute atomic E-state index is 0.547. The summed E-state index contributed by atoms with van der Waals surface area (Å²) in [6, 6.07) is 0. The Morgan fingerprint density at radius 2 is 1.00 bits per heavy atom. The summed E-state index contributed by atoms with van der Waals surface area (Å²) in [4.78, 5) is 24.7. The zero-order chi connectivity index (χ0) is 9.38. The fraction of sp³-hybridized carbons (Fsp3) is 0.250. The standard InChI is InChI=1S/C8H6N6/c1-5-9-3-11-7(13-5)2-8-12-4-10-6(1)14-8/h3-4H,1-2H2. The van der Waals surface area contributed by atoms with Gasteiger partial charge >= 0.3 is 0 Å². The third-order valence-electron chi connectivity index (χ3n) is 1.98. The van der Waals surface area contributed by atoms with Crippen LogP contribution in [0.1, 0.15) is 23.3 Å². The molecular weight excluding hydrogens is 180 g/mol. The third-order valence-corrected chi connectivity index (χ3v) is 1.98. The highest BCUT2D eigenvalue weighted by molar-refractivity contribution is 5.08. The maximum Gasteiger partial charge on any atom is 0.139 e. The van der Waals surface area contributed by atoms with Crippen molar-refractivity contribution in [3.63, 3.8) is 0 Å². The number of aromatic nitrogens is 6. The van der Waals surface area contributed by atoms with Crippen LogP contribution in [-0.2, 0) is 12.8 Å². The van der Waals surface area contributed by atoms with Crippen LogP contribution >= 0.6 is 0 Å². The van der Waals surface area contributed by atoms with Crippen LogP contribution in [0.25, 0.3) is 0 Å². The van der Waals surface area contributed by atoms with Crippen LogP contribution in [0.15, 0.2) is 12.7 Å². The van der Waals surface area contributed by atoms with E-state index in [1.807, 2.05) is 0 Å². The molecule has 0 aliphatic carbocycles. The minimum Gasteiger partial charge on any atom is -0.221 e. The van der Waals surface area contributed by atoms with Crippen molar-refractivity contribution in [3.8, 4) is 0 Å². The Balaban J connectivity index is 2.17. The van der Waals surface area contributed by atoms with Gasteiger partial charge in [0.05, 0.1) is 12.8 Å². The van der Waals surface area contributed by atoms with Crippen molar-refractivity contribution in [3.05, 3.63) is 36.0 Å². The first-order chi connectivity index (χ1) is 6.90. The molecule has 2 aromatic rings. The van der Waals surface area contributed by atoms with Gasteiger partial charge in [0.15, 0.2) is 0 Å². The Morgan fingerprint density at radius 3 is 1.36 bits per heavy atom. The molecular formula is C8H6N6. The Bertz CT molecular complexity index is 403. The second-order valence-corrected chi connectivity index (χ2v) is 2.99. The SMILES string of the molecule is c1nc2nc(n1)Cc1ncnc(n1)C2. The van der Waals surface area contributed by atoms with Gasteiger partial charge in [-0.25, -0.2) is 29.9 Å². The molecule has 0 radical (unpaired) electrons. The topological polar surface area (TPSA) is 77.3 Å². The molecule has 0 aromatic carbocycles. The van der Waals surface area contributed by atoms with Crippen molar-refractivity contribution in [2.45, 2.75) is 12.8 Å². The maximum absolute atomic E-state index is 4.26. The Labute approximate surface area is 79.5 Å². The first-order valence-corrected chi connectivity index (χ1v) is 4.24. The van der Waals surface area contributed by atoms with Crippen LogP contribution < -0.4 is 0 Å². The Morgan fingerprint density at radius 1 is 0.643 bits per heavy atom. The zero-order valence-corrected chi connectivity index (χ0v) is 7.25. The van der Waals surface area contributed by atoms with E-state index in [4.69, 9.17) is 0 Å². The monoisotopic (exact) mass is 186 g/mol. The molecule has 0 amide bonds. The molecule has 3 heterocycles. The third kappa shape index (κ3) is 1.20. The summed E-state index contributed by atoms with van der Waals surface area (Å²) in [6.45, 7) is 0. The molecule has 1 aliphatic heterocycles. The summed E-state index contributed by atoms with van der Waals surface area (Å²) in [5.41, 5.74) is 0. The maximum atomic E-state index is 4.26. The Kier molecular flexibility index (Phi) is 1.46.